The molecule has 0 spiro atoms. The van der Waals surface area contributed by atoms with Crippen molar-refractivity contribution in [2.45, 2.75) is 48.8 Å². The molecule has 11 N–H and O–H groups in total. The molecular formula is C12H24O13. The maximum Gasteiger partial charge on any atom is 0.335 e. The molecule has 0 heterocycles. The molecule has 0 aromatic carbocycles. The zero-order valence-corrected chi connectivity index (χ0v) is 12.8. The molecule has 0 saturated carbocycles. The van der Waals surface area contributed by atoms with Crippen LogP contribution < -0.4 is 0 Å². The van der Waals surface area contributed by atoms with Gasteiger partial charge in [0, 0.05) is 0 Å². The maximum absolute atomic E-state index is 10.1. The predicted octanol–water partition coefficient (Wildman–Crippen LogP) is -6.87. The first-order chi connectivity index (χ1) is 11.5. The lowest BCUT2D eigenvalue weighted by Gasteiger charge is -2.23. The Morgan fingerprint density at radius 2 is 1.08 bits per heavy atom. The third kappa shape index (κ3) is 9.13. The summed E-state index contributed by atoms with van der Waals surface area (Å²) in [5.74, 6) is -1.73. The van der Waals surface area contributed by atoms with Gasteiger partial charge in [-0.2, -0.15) is 0 Å². The highest BCUT2D eigenvalue weighted by Crippen LogP contribution is 2.05. The average molecular weight is 376 g/mol. The molecule has 0 rings (SSSR count). The number of carbonyl (C=O) groups is 2. The third-order valence-corrected chi connectivity index (χ3v) is 2.93. The van der Waals surface area contributed by atoms with Crippen LogP contribution >= 0.6 is 0 Å². The Morgan fingerprint density at radius 3 is 1.36 bits per heavy atom. The lowest BCUT2D eigenvalue weighted by molar-refractivity contribution is -0.164. The van der Waals surface area contributed by atoms with Crippen molar-refractivity contribution in [3.05, 3.63) is 0 Å². The molecule has 0 saturated heterocycles. The van der Waals surface area contributed by atoms with E-state index in [1.807, 2.05) is 0 Å². The maximum atomic E-state index is 10.1. The van der Waals surface area contributed by atoms with Crippen LogP contribution in [0.2, 0.25) is 0 Å². The van der Waals surface area contributed by atoms with Crippen LogP contribution in [-0.4, -0.2) is 130 Å². The highest BCUT2D eigenvalue weighted by molar-refractivity contribution is 5.72. The number of hydrogen-bond acceptors (Lipinski definition) is 12. The van der Waals surface area contributed by atoms with Gasteiger partial charge in [0.05, 0.1) is 13.2 Å². The molecule has 8 atom stereocenters. The van der Waals surface area contributed by atoms with Gasteiger partial charge in [0.1, 0.15) is 42.7 Å². The fourth-order valence-corrected chi connectivity index (χ4v) is 1.29. The van der Waals surface area contributed by atoms with Crippen LogP contribution in [0.5, 0.6) is 0 Å². The van der Waals surface area contributed by atoms with Crippen LogP contribution in [0.4, 0.5) is 0 Å². The summed E-state index contributed by atoms with van der Waals surface area (Å²) in [7, 11) is 0. The minimum atomic E-state index is -2.20. The van der Waals surface area contributed by atoms with Crippen LogP contribution in [-0.2, 0) is 9.59 Å². The van der Waals surface area contributed by atoms with Crippen molar-refractivity contribution < 1.29 is 65.8 Å². The van der Waals surface area contributed by atoms with Gasteiger partial charge in [0.25, 0.3) is 0 Å². The minimum absolute atomic E-state index is 0.0258. The molecule has 0 aromatic heterocycles. The molecule has 0 bridgehead atoms. The van der Waals surface area contributed by atoms with Gasteiger partial charge in [-0.3, -0.25) is 0 Å². The Bertz CT molecular complexity index is 378. The molecular weight excluding hydrogens is 352 g/mol. The quantitative estimate of drug-likeness (QED) is 0.159. The second kappa shape index (κ2) is 13.0. The first kappa shape index (κ1) is 26.0. The van der Waals surface area contributed by atoms with E-state index in [-0.39, 0.29) is 6.29 Å². The number of aliphatic carboxylic acids is 1. The number of aliphatic hydroxyl groups is 10. The zero-order valence-electron chi connectivity index (χ0n) is 12.8. The van der Waals surface area contributed by atoms with E-state index >= 15 is 0 Å². The number of carboxylic acids is 1. The summed E-state index contributed by atoms with van der Waals surface area (Å²) in [5.41, 5.74) is 0. The van der Waals surface area contributed by atoms with Crippen molar-refractivity contribution in [3.8, 4) is 0 Å². The van der Waals surface area contributed by atoms with Gasteiger partial charge in [-0.1, -0.05) is 0 Å². The van der Waals surface area contributed by atoms with Gasteiger partial charge in [-0.05, 0) is 0 Å². The van der Waals surface area contributed by atoms with Crippen molar-refractivity contribution in [2.24, 2.45) is 0 Å². The summed E-state index contributed by atoms with van der Waals surface area (Å²) in [4.78, 5) is 20.0. The molecule has 13 heteroatoms. The van der Waals surface area contributed by atoms with Crippen molar-refractivity contribution >= 4 is 12.3 Å². The largest absolute Gasteiger partial charge is 0.479 e. The number of rotatable bonds is 10. The van der Waals surface area contributed by atoms with Gasteiger partial charge in [-0.25, -0.2) is 4.79 Å². The molecule has 0 aromatic rings. The molecule has 0 aliphatic heterocycles. The molecule has 25 heavy (non-hydrogen) atoms. The van der Waals surface area contributed by atoms with Gasteiger partial charge in [-0.15, -0.1) is 0 Å². The SMILES string of the molecule is O=C(O)[C@H](O)[C@@H](O)[C@@H](O)[C@H](O)CO.O=C[C@@H](O)[C@@H](O)[C@H](O)[C@H](O)CO. The average Bonchev–Trinajstić information content (AvgIpc) is 2.62. The predicted molar refractivity (Wildman–Crippen MR) is 75.9 cm³/mol. The van der Waals surface area contributed by atoms with Crippen LogP contribution in [0.1, 0.15) is 0 Å². The van der Waals surface area contributed by atoms with Crippen molar-refractivity contribution in [2.75, 3.05) is 13.2 Å². The van der Waals surface area contributed by atoms with Crippen molar-refractivity contribution in [1.82, 2.24) is 0 Å². The van der Waals surface area contributed by atoms with Gasteiger partial charge in [0.15, 0.2) is 12.4 Å². The zero-order chi connectivity index (χ0) is 20.3. The molecule has 0 aliphatic rings. The number of aliphatic hydroxyl groups excluding tert-OH is 10. The summed E-state index contributed by atoms with van der Waals surface area (Å²) in [6.45, 7) is -1.60. The molecule has 0 fully saturated rings. The first-order valence-corrected chi connectivity index (χ1v) is 6.80. The van der Waals surface area contributed by atoms with Crippen molar-refractivity contribution in [3.63, 3.8) is 0 Å². The highest BCUT2D eigenvalue weighted by atomic mass is 16.4. The summed E-state index contributed by atoms with van der Waals surface area (Å²) >= 11 is 0. The van der Waals surface area contributed by atoms with Crippen LogP contribution in [0.25, 0.3) is 0 Å². The molecule has 0 amide bonds. The van der Waals surface area contributed by atoms with Crippen LogP contribution in [0.3, 0.4) is 0 Å². The van der Waals surface area contributed by atoms with E-state index in [0.29, 0.717) is 0 Å². The summed E-state index contributed by atoms with van der Waals surface area (Å²) in [5, 5.41) is 95.4. The summed E-state index contributed by atoms with van der Waals surface area (Å²) in [6.07, 6.45) is -14.7. The topological polar surface area (TPSA) is 257 Å². The van der Waals surface area contributed by atoms with E-state index in [2.05, 4.69) is 0 Å². The first-order valence-electron chi connectivity index (χ1n) is 6.80. The number of hydrogen-bond donors (Lipinski definition) is 11. The third-order valence-electron chi connectivity index (χ3n) is 2.93. The smallest absolute Gasteiger partial charge is 0.335 e. The van der Waals surface area contributed by atoms with E-state index in [1.165, 1.54) is 0 Å². The van der Waals surface area contributed by atoms with E-state index in [1.54, 1.807) is 0 Å². The van der Waals surface area contributed by atoms with E-state index in [4.69, 9.17) is 56.2 Å². The molecule has 150 valence electrons. The fourth-order valence-electron chi connectivity index (χ4n) is 1.29. The van der Waals surface area contributed by atoms with Gasteiger partial charge >= 0.3 is 5.97 Å². The lowest BCUT2D eigenvalue weighted by Crippen LogP contribution is -2.48. The summed E-state index contributed by atoms with van der Waals surface area (Å²) in [6, 6.07) is 0. The van der Waals surface area contributed by atoms with E-state index in [9.17, 15) is 9.59 Å². The normalized spacial score (nSPS) is 20.7. The van der Waals surface area contributed by atoms with E-state index in [0.717, 1.165) is 0 Å². The van der Waals surface area contributed by atoms with E-state index < -0.39 is 68.0 Å². The standard InChI is InChI=1S/C6H12O7.C6H12O6/c7-1-2(8)3(9)4(10)5(11)6(12)13;7-1-3(9)5(11)6(12)4(10)2-8/h2-5,7-11H,1H2,(H,12,13);1,3-6,8-12H,2H2/t2-,3+,4+,5-;3-,4-,5-,6-/m11/s1. The lowest BCUT2D eigenvalue weighted by atomic mass is 10.0. The highest BCUT2D eigenvalue weighted by Gasteiger charge is 2.33. The number of carboxylic acid groups (broad SMARTS) is 1. The Balaban J connectivity index is 0. The molecule has 0 unspecified atom stereocenters. The van der Waals surface area contributed by atoms with Gasteiger partial charge in [0.2, 0.25) is 0 Å². The fraction of sp³-hybridized carbons (Fsp3) is 0.833. The van der Waals surface area contributed by atoms with Crippen LogP contribution in [0, 0.1) is 0 Å². The van der Waals surface area contributed by atoms with Crippen LogP contribution in [0.15, 0.2) is 0 Å². The van der Waals surface area contributed by atoms with Crippen molar-refractivity contribution in [1.29, 1.82) is 0 Å². The number of aldehydes is 1. The summed E-state index contributed by atoms with van der Waals surface area (Å²) < 4.78 is 0. The number of carbonyl (C=O) groups excluding carboxylic acids is 1. The monoisotopic (exact) mass is 376 g/mol. The Morgan fingerprint density at radius 1 is 0.720 bits per heavy atom. The molecule has 0 aliphatic carbocycles. The second-order valence-electron chi connectivity index (χ2n) is 4.87. The Kier molecular flexibility index (Phi) is 13.5. The molecule has 13 nitrogen and oxygen atoms in total. The minimum Gasteiger partial charge on any atom is -0.479 e. The second-order valence-corrected chi connectivity index (χ2v) is 4.87. The Labute approximate surface area is 141 Å². The van der Waals surface area contributed by atoms with Gasteiger partial charge < -0.3 is 61.0 Å². The molecule has 0 radical (unpaired) electrons. The Hall–Kier alpha value is -1.26.